The van der Waals surface area contributed by atoms with Crippen LogP contribution in [-0.4, -0.2) is 53.0 Å². The van der Waals surface area contributed by atoms with Gasteiger partial charge in [-0.3, -0.25) is 4.90 Å². The zero-order valence-electron chi connectivity index (χ0n) is 14.4. The summed E-state index contributed by atoms with van der Waals surface area (Å²) in [5.74, 6) is 1.52. The van der Waals surface area contributed by atoms with Gasteiger partial charge >= 0.3 is 0 Å². The van der Waals surface area contributed by atoms with Crippen molar-refractivity contribution < 1.29 is 14.9 Å². The second kappa shape index (κ2) is 5.59. The molecule has 6 rings (SSSR count). The van der Waals surface area contributed by atoms with E-state index in [0.29, 0.717) is 18.0 Å². The zero-order chi connectivity index (χ0) is 17.1. The van der Waals surface area contributed by atoms with Crippen molar-refractivity contribution in [2.75, 3.05) is 26.9 Å². The number of aliphatic hydroxyl groups excluding tert-OH is 2. The molecular weight excluding hydrogens is 316 g/mol. The van der Waals surface area contributed by atoms with Crippen LogP contribution in [0, 0.1) is 11.8 Å². The predicted octanol–water partition coefficient (Wildman–Crippen LogP) is 2.01. The highest BCUT2D eigenvalue weighted by Crippen LogP contribution is 2.54. The van der Waals surface area contributed by atoms with Gasteiger partial charge in [0.25, 0.3) is 0 Å². The van der Waals surface area contributed by atoms with Gasteiger partial charge in [-0.2, -0.15) is 0 Å². The first-order valence-electron chi connectivity index (χ1n) is 9.10. The topological polar surface area (TPSA) is 68.7 Å². The van der Waals surface area contributed by atoms with Gasteiger partial charge in [-0.25, -0.2) is 0 Å². The van der Waals surface area contributed by atoms with Crippen molar-refractivity contribution in [3.63, 3.8) is 0 Å². The minimum atomic E-state index is 0.0879. The Labute approximate surface area is 146 Å². The minimum absolute atomic E-state index is 0.0879. The SMILES string of the molecule is COc1ccc2[nH]c3c(c2c1)CC1C(CO)C2CC3N1CC2=CCO. The van der Waals surface area contributed by atoms with E-state index in [9.17, 15) is 10.2 Å². The second-order valence-corrected chi connectivity index (χ2v) is 7.54. The fourth-order valence-corrected chi connectivity index (χ4v) is 5.50. The van der Waals surface area contributed by atoms with Crippen LogP contribution in [0.3, 0.4) is 0 Å². The Morgan fingerprint density at radius 1 is 1.36 bits per heavy atom. The summed E-state index contributed by atoms with van der Waals surface area (Å²) in [6, 6.07) is 6.99. The molecule has 3 saturated heterocycles. The average molecular weight is 340 g/mol. The third-order valence-electron chi connectivity index (χ3n) is 6.61. The van der Waals surface area contributed by atoms with Crippen LogP contribution in [0.4, 0.5) is 0 Å². The fourth-order valence-electron chi connectivity index (χ4n) is 5.50. The molecule has 5 nitrogen and oxygen atoms in total. The first kappa shape index (κ1) is 15.4. The van der Waals surface area contributed by atoms with Crippen molar-refractivity contribution in [2.24, 2.45) is 11.8 Å². The standard InChI is InChI=1S/C20H24N2O3/c1-25-12-2-3-17-14(6-12)15-8-18-16(10-24)13-7-19(20(15)21-17)22(18)9-11(13)4-5-23/h2-4,6,13,16,18-19,21,23-24H,5,7-10H2,1H3. The highest BCUT2D eigenvalue weighted by Gasteiger charge is 2.52. The second-order valence-electron chi connectivity index (χ2n) is 7.54. The summed E-state index contributed by atoms with van der Waals surface area (Å²) >= 11 is 0. The number of rotatable bonds is 3. The third-order valence-corrected chi connectivity index (χ3v) is 6.61. The van der Waals surface area contributed by atoms with Gasteiger partial charge in [0, 0.05) is 41.7 Å². The van der Waals surface area contributed by atoms with Crippen LogP contribution in [-0.2, 0) is 6.42 Å². The van der Waals surface area contributed by atoms with Crippen molar-refractivity contribution in [1.29, 1.82) is 0 Å². The van der Waals surface area contributed by atoms with Gasteiger partial charge in [0.15, 0.2) is 0 Å². The monoisotopic (exact) mass is 340 g/mol. The van der Waals surface area contributed by atoms with Crippen LogP contribution >= 0.6 is 0 Å². The van der Waals surface area contributed by atoms with E-state index in [4.69, 9.17) is 4.74 Å². The van der Waals surface area contributed by atoms with Crippen molar-refractivity contribution in [3.8, 4) is 5.75 Å². The molecule has 2 aromatic rings. The van der Waals surface area contributed by atoms with E-state index in [-0.39, 0.29) is 19.1 Å². The van der Waals surface area contributed by atoms with E-state index < -0.39 is 0 Å². The predicted molar refractivity (Wildman–Crippen MR) is 95.6 cm³/mol. The number of H-pyrrole nitrogens is 1. The molecule has 5 heterocycles. The molecule has 0 radical (unpaired) electrons. The lowest BCUT2D eigenvalue weighted by atomic mass is 9.64. The molecule has 3 N–H and O–H groups in total. The Morgan fingerprint density at radius 3 is 3.00 bits per heavy atom. The molecule has 3 fully saturated rings. The maximum Gasteiger partial charge on any atom is 0.119 e. The fraction of sp³-hybridized carbons (Fsp3) is 0.500. The van der Waals surface area contributed by atoms with Crippen LogP contribution in [0.5, 0.6) is 5.75 Å². The highest BCUT2D eigenvalue weighted by molar-refractivity contribution is 5.86. The molecule has 5 unspecified atom stereocenters. The molecule has 1 aromatic carbocycles. The highest BCUT2D eigenvalue weighted by atomic mass is 16.5. The molecule has 0 aliphatic carbocycles. The largest absolute Gasteiger partial charge is 0.497 e. The molecule has 0 amide bonds. The zero-order valence-corrected chi connectivity index (χ0v) is 14.4. The summed E-state index contributed by atoms with van der Waals surface area (Å²) in [4.78, 5) is 6.20. The number of hydrogen-bond acceptors (Lipinski definition) is 4. The van der Waals surface area contributed by atoms with E-state index >= 15 is 0 Å². The molecule has 25 heavy (non-hydrogen) atoms. The quantitative estimate of drug-likeness (QED) is 0.748. The number of aromatic nitrogens is 1. The maximum absolute atomic E-state index is 10.1. The Balaban J connectivity index is 1.63. The smallest absolute Gasteiger partial charge is 0.119 e. The average Bonchev–Trinajstić information content (AvgIpc) is 3.00. The van der Waals surface area contributed by atoms with E-state index in [1.165, 1.54) is 27.7 Å². The molecule has 4 aliphatic heterocycles. The summed E-state index contributed by atoms with van der Waals surface area (Å²) in [5.41, 5.74) is 5.20. The van der Waals surface area contributed by atoms with Crippen molar-refractivity contribution in [3.05, 3.63) is 41.1 Å². The number of methoxy groups -OCH3 is 1. The van der Waals surface area contributed by atoms with Gasteiger partial charge in [0.05, 0.1) is 19.8 Å². The Morgan fingerprint density at radius 2 is 2.24 bits per heavy atom. The molecule has 0 spiro atoms. The molecule has 132 valence electrons. The van der Waals surface area contributed by atoms with E-state index in [2.05, 4.69) is 22.0 Å². The number of nitrogens with one attached hydrogen (secondary N) is 1. The van der Waals surface area contributed by atoms with Crippen LogP contribution < -0.4 is 4.74 Å². The first-order valence-corrected chi connectivity index (χ1v) is 9.10. The van der Waals surface area contributed by atoms with Crippen molar-refractivity contribution in [1.82, 2.24) is 9.88 Å². The van der Waals surface area contributed by atoms with E-state index in [1.54, 1.807) is 7.11 Å². The molecule has 0 saturated carbocycles. The van der Waals surface area contributed by atoms with Crippen molar-refractivity contribution in [2.45, 2.75) is 24.9 Å². The molecular formula is C20H24N2O3. The van der Waals surface area contributed by atoms with Gasteiger partial charge in [-0.15, -0.1) is 0 Å². The van der Waals surface area contributed by atoms with Gasteiger partial charge in [0.1, 0.15) is 5.75 Å². The summed E-state index contributed by atoms with van der Waals surface area (Å²) in [6.45, 7) is 1.21. The Kier molecular flexibility index (Phi) is 3.45. The summed E-state index contributed by atoms with van der Waals surface area (Å²) < 4.78 is 5.41. The number of ether oxygens (including phenoxy) is 1. The van der Waals surface area contributed by atoms with E-state index in [0.717, 1.165) is 25.1 Å². The number of aromatic amines is 1. The third kappa shape index (κ3) is 2.06. The minimum Gasteiger partial charge on any atom is -0.497 e. The lowest BCUT2D eigenvalue weighted by Gasteiger charge is -2.58. The number of nitrogens with zero attached hydrogens (tertiary/aromatic N) is 1. The van der Waals surface area contributed by atoms with Crippen LogP contribution in [0.15, 0.2) is 29.8 Å². The number of hydrogen-bond donors (Lipinski definition) is 3. The first-order chi connectivity index (χ1) is 12.2. The Bertz CT molecular complexity index is 856. The van der Waals surface area contributed by atoms with Crippen LogP contribution in [0.1, 0.15) is 23.7 Å². The van der Waals surface area contributed by atoms with Crippen molar-refractivity contribution >= 4 is 10.9 Å². The summed E-state index contributed by atoms with van der Waals surface area (Å²) in [6.07, 6.45) is 3.93. The number of piperidine rings is 3. The maximum atomic E-state index is 10.1. The number of fused-ring (bicyclic) bond motifs is 4. The summed E-state index contributed by atoms with van der Waals surface area (Å²) in [7, 11) is 1.70. The number of benzene rings is 1. The summed E-state index contributed by atoms with van der Waals surface area (Å²) in [5, 5.41) is 20.7. The molecule has 4 aliphatic rings. The molecule has 5 atom stereocenters. The molecule has 5 heteroatoms. The van der Waals surface area contributed by atoms with Gasteiger partial charge in [-0.1, -0.05) is 11.6 Å². The van der Waals surface area contributed by atoms with Gasteiger partial charge < -0.3 is 19.9 Å². The van der Waals surface area contributed by atoms with Gasteiger partial charge in [-0.05, 0) is 42.5 Å². The number of aliphatic hydroxyl groups is 2. The normalized spacial score (nSPS) is 34.5. The lowest BCUT2D eigenvalue weighted by Crippen LogP contribution is -2.60. The molecule has 4 bridgehead atoms. The van der Waals surface area contributed by atoms with Gasteiger partial charge in [0.2, 0.25) is 0 Å². The van der Waals surface area contributed by atoms with Crippen LogP contribution in [0.2, 0.25) is 0 Å². The lowest BCUT2D eigenvalue weighted by molar-refractivity contribution is -0.0505. The van der Waals surface area contributed by atoms with E-state index in [1.807, 2.05) is 12.1 Å². The van der Waals surface area contributed by atoms with Crippen LogP contribution in [0.25, 0.3) is 10.9 Å². The molecule has 1 aromatic heterocycles. The Hall–Kier alpha value is -1.82.